The molecular formula is C35H37F9N4O6. The number of unbranched alkanes of at least 4 members (excludes halogenated alkanes) is 1. The molecule has 2 heterocycles. The van der Waals surface area contributed by atoms with Gasteiger partial charge in [-0.1, -0.05) is 6.92 Å². The Kier molecular flexibility index (Phi) is 13.6. The van der Waals surface area contributed by atoms with E-state index in [2.05, 4.69) is 20.0 Å². The maximum absolute atomic E-state index is 13.9. The average Bonchev–Trinajstić information content (AvgIpc) is 3.10. The van der Waals surface area contributed by atoms with Crippen LogP contribution >= 0.6 is 0 Å². The summed E-state index contributed by atoms with van der Waals surface area (Å²) < 4.78 is 144. The average molecular weight is 781 g/mol. The third-order valence-electron chi connectivity index (χ3n) is 8.46. The lowest BCUT2D eigenvalue weighted by atomic mass is 9.89. The Balaban J connectivity index is 1.70. The molecule has 2 atom stereocenters. The standard InChI is InChI=1S/C35H37F9N4O6/c1-4-24-18-26(25-17-21(33(36,37)38)8-9-28(25)48(24)32(50)54-10-6-5-7-30(49)52-3)46-31-45-19-29(53-12-11-51-2)27(47-31)15-20-13-22(34(39,40)41)16-23(14-20)35(42,43)44/h8-9,13-14,16-17,19,24,26H,4-7,10-12,15,18H2,1-3H3,(H,45,46,47)/t24-,26+/m1/s1. The van der Waals surface area contributed by atoms with E-state index in [9.17, 15) is 49.1 Å². The first-order valence-electron chi connectivity index (χ1n) is 16.6. The van der Waals surface area contributed by atoms with Gasteiger partial charge in [-0.25, -0.2) is 14.8 Å². The fourth-order valence-corrected chi connectivity index (χ4v) is 5.79. The molecule has 1 amide bonds. The lowest BCUT2D eigenvalue weighted by Gasteiger charge is -2.40. The van der Waals surface area contributed by atoms with Crippen molar-refractivity contribution >= 4 is 23.7 Å². The van der Waals surface area contributed by atoms with E-state index in [0.29, 0.717) is 31.4 Å². The Hall–Kier alpha value is -4.81. The Morgan fingerprint density at radius 2 is 1.54 bits per heavy atom. The predicted molar refractivity (Wildman–Crippen MR) is 175 cm³/mol. The third kappa shape index (κ3) is 10.9. The summed E-state index contributed by atoms with van der Waals surface area (Å²) in [6.07, 6.45) is -14.1. The Bertz CT molecular complexity index is 1740. The van der Waals surface area contributed by atoms with Gasteiger partial charge < -0.3 is 24.3 Å². The highest BCUT2D eigenvalue weighted by molar-refractivity contribution is 5.90. The molecule has 0 saturated heterocycles. The topological polar surface area (TPSA) is 112 Å². The van der Waals surface area contributed by atoms with Crippen LogP contribution in [0.2, 0.25) is 0 Å². The van der Waals surface area contributed by atoms with Gasteiger partial charge >= 0.3 is 30.6 Å². The summed E-state index contributed by atoms with van der Waals surface area (Å²) in [5.41, 5.74) is -4.49. The number of anilines is 2. The molecule has 1 aromatic heterocycles. The summed E-state index contributed by atoms with van der Waals surface area (Å²) in [6.45, 7) is 1.65. The highest BCUT2D eigenvalue weighted by Gasteiger charge is 2.40. The third-order valence-corrected chi connectivity index (χ3v) is 8.46. The van der Waals surface area contributed by atoms with Crippen LogP contribution in [-0.2, 0) is 44.0 Å². The van der Waals surface area contributed by atoms with Crippen LogP contribution in [0.15, 0.2) is 42.6 Å². The number of alkyl halides is 9. The van der Waals surface area contributed by atoms with Gasteiger partial charge in [-0.15, -0.1) is 0 Å². The first-order chi connectivity index (χ1) is 25.3. The second-order valence-electron chi connectivity index (χ2n) is 12.2. The maximum Gasteiger partial charge on any atom is 0.416 e. The molecule has 0 aliphatic carbocycles. The van der Waals surface area contributed by atoms with Crippen LogP contribution in [0, 0.1) is 0 Å². The van der Waals surface area contributed by atoms with Gasteiger partial charge in [0.1, 0.15) is 6.61 Å². The van der Waals surface area contributed by atoms with E-state index < -0.39 is 71.3 Å². The minimum Gasteiger partial charge on any atom is -0.488 e. The lowest BCUT2D eigenvalue weighted by Crippen LogP contribution is -2.46. The number of ether oxygens (including phenoxy) is 4. The first-order valence-corrected chi connectivity index (χ1v) is 16.6. The van der Waals surface area contributed by atoms with Crippen molar-refractivity contribution < 1.29 is 68.1 Å². The van der Waals surface area contributed by atoms with Crippen LogP contribution in [0.25, 0.3) is 0 Å². The molecule has 0 fully saturated rings. The van der Waals surface area contributed by atoms with Crippen molar-refractivity contribution in [1.82, 2.24) is 9.97 Å². The van der Waals surface area contributed by atoms with Crippen LogP contribution in [0.3, 0.4) is 0 Å². The minimum atomic E-state index is -5.10. The summed E-state index contributed by atoms with van der Waals surface area (Å²) in [5.74, 6) is -0.747. The molecule has 0 spiro atoms. The highest BCUT2D eigenvalue weighted by atomic mass is 19.4. The molecule has 1 aliphatic rings. The number of carbonyl (C=O) groups is 2. The van der Waals surface area contributed by atoms with Gasteiger partial charge in [0.25, 0.3) is 0 Å². The Morgan fingerprint density at radius 3 is 2.13 bits per heavy atom. The van der Waals surface area contributed by atoms with Crippen molar-refractivity contribution in [2.75, 3.05) is 44.3 Å². The molecular weight excluding hydrogens is 743 g/mol. The van der Waals surface area contributed by atoms with Gasteiger partial charge in [-0.05, 0) is 73.2 Å². The Labute approximate surface area is 303 Å². The van der Waals surface area contributed by atoms with Crippen molar-refractivity contribution in [1.29, 1.82) is 0 Å². The second kappa shape index (κ2) is 17.6. The molecule has 0 unspecified atom stereocenters. The van der Waals surface area contributed by atoms with Crippen LogP contribution in [0.5, 0.6) is 5.75 Å². The van der Waals surface area contributed by atoms with E-state index in [4.69, 9.17) is 14.2 Å². The van der Waals surface area contributed by atoms with Crippen LogP contribution in [0.4, 0.5) is 55.9 Å². The molecule has 0 radical (unpaired) electrons. The molecule has 19 heteroatoms. The summed E-state index contributed by atoms with van der Waals surface area (Å²) in [4.78, 5) is 34.5. The number of methoxy groups -OCH3 is 2. The predicted octanol–water partition coefficient (Wildman–Crippen LogP) is 8.77. The number of fused-ring (bicyclic) bond motifs is 1. The number of rotatable bonds is 14. The van der Waals surface area contributed by atoms with Crippen molar-refractivity contribution in [2.45, 2.75) is 76.1 Å². The number of carbonyl (C=O) groups excluding carboxylic acids is 2. The Morgan fingerprint density at radius 1 is 0.870 bits per heavy atom. The molecule has 4 rings (SSSR count). The zero-order valence-corrected chi connectivity index (χ0v) is 29.3. The van der Waals surface area contributed by atoms with E-state index in [1.807, 2.05) is 0 Å². The normalized spacial score (nSPS) is 16.1. The number of amides is 1. The molecule has 1 aliphatic heterocycles. The minimum absolute atomic E-state index is 0.00338. The van der Waals surface area contributed by atoms with Gasteiger partial charge in [-0.2, -0.15) is 39.5 Å². The van der Waals surface area contributed by atoms with Crippen LogP contribution in [0.1, 0.15) is 78.6 Å². The van der Waals surface area contributed by atoms with Gasteiger partial charge in [0, 0.05) is 26.0 Å². The molecule has 10 nitrogen and oxygen atoms in total. The largest absolute Gasteiger partial charge is 0.488 e. The van der Waals surface area contributed by atoms with E-state index in [1.54, 1.807) is 6.92 Å². The fraction of sp³-hybridized carbons (Fsp3) is 0.486. The number of nitrogens with zero attached hydrogens (tertiary/aromatic N) is 3. The number of hydrogen-bond donors (Lipinski definition) is 1. The summed E-state index contributed by atoms with van der Waals surface area (Å²) >= 11 is 0. The van der Waals surface area contributed by atoms with Crippen molar-refractivity contribution in [3.05, 3.63) is 76.1 Å². The highest BCUT2D eigenvalue weighted by Crippen LogP contribution is 2.43. The van der Waals surface area contributed by atoms with E-state index >= 15 is 0 Å². The number of nitrogens with one attached hydrogen (secondary N) is 1. The number of aromatic nitrogens is 2. The summed E-state index contributed by atoms with van der Waals surface area (Å²) in [7, 11) is 2.61. The van der Waals surface area contributed by atoms with Crippen molar-refractivity contribution in [3.8, 4) is 5.75 Å². The van der Waals surface area contributed by atoms with Gasteiger partial charge in [0.15, 0.2) is 5.75 Å². The van der Waals surface area contributed by atoms with E-state index in [1.165, 1.54) is 19.1 Å². The van der Waals surface area contributed by atoms with E-state index in [-0.39, 0.29) is 67.4 Å². The number of esters is 1. The number of benzene rings is 2. The molecule has 3 aromatic rings. The zero-order chi connectivity index (χ0) is 39.8. The smallest absolute Gasteiger partial charge is 0.416 e. The van der Waals surface area contributed by atoms with Crippen LogP contribution < -0.4 is 15.0 Å². The molecule has 0 bridgehead atoms. The molecule has 296 valence electrons. The quantitative estimate of drug-likeness (QED) is 0.0975. The monoisotopic (exact) mass is 780 g/mol. The van der Waals surface area contributed by atoms with Crippen molar-refractivity contribution in [3.63, 3.8) is 0 Å². The maximum atomic E-state index is 13.9. The summed E-state index contributed by atoms with van der Waals surface area (Å²) in [6, 6.07) is 2.34. The van der Waals surface area contributed by atoms with Gasteiger partial charge in [0.05, 0.1) is 60.6 Å². The molecule has 1 N–H and O–H groups in total. The fourth-order valence-electron chi connectivity index (χ4n) is 5.79. The SMILES string of the molecule is CC[C@@H]1C[C@H](Nc2ncc(OCCOC)c(Cc3cc(C(F)(F)F)cc(C(F)(F)F)c3)n2)c2cc(C(F)(F)F)ccc2N1C(=O)OCCCCC(=O)OC. The molecule has 2 aromatic carbocycles. The second-order valence-corrected chi connectivity index (χ2v) is 12.2. The lowest BCUT2D eigenvalue weighted by molar-refractivity contribution is -0.143. The number of halogens is 9. The first kappa shape index (κ1) is 41.9. The van der Waals surface area contributed by atoms with Crippen molar-refractivity contribution in [2.24, 2.45) is 0 Å². The van der Waals surface area contributed by atoms with Crippen LogP contribution in [-0.4, -0.2) is 62.1 Å². The van der Waals surface area contributed by atoms with E-state index in [0.717, 1.165) is 24.4 Å². The number of hydrogen-bond acceptors (Lipinski definition) is 9. The van der Waals surface area contributed by atoms with Gasteiger partial charge in [0.2, 0.25) is 5.95 Å². The zero-order valence-electron chi connectivity index (χ0n) is 29.3. The molecule has 54 heavy (non-hydrogen) atoms. The van der Waals surface area contributed by atoms with Gasteiger partial charge in [-0.3, -0.25) is 9.69 Å². The molecule has 0 saturated carbocycles. The summed E-state index contributed by atoms with van der Waals surface area (Å²) in [5, 5.41) is 2.96.